The number of phenols is 1. The highest BCUT2D eigenvalue weighted by Gasteiger charge is 2.43. The van der Waals surface area contributed by atoms with Gasteiger partial charge in [-0.2, -0.15) is 0 Å². The average molecular weight is 493 g/mol. The van der Waals surface area contributed by atoms with Gasteiger partial charge in [0.1, 0.15) is 6.10 Å². The fraction of sp³-hybridized carbons (Fsp3) is 0.345. The minimum absolute atomic E-state index is 0.0242. The molecule has 35 heavy (non-hydrogen) atoms. The van der Waals surface area contributed by atoms with Crippen LogP contribution in [-0.4, -0.2) is 40.6 Å². The Kier molecular flexibility index (Phi) is 7.39. The molecule has 0 aromatic heterocycles. The van der Waals surface area contributed by atoms with Crippen molar-refractivity contribution < 1.29 is 14.6 Å². The molecule has 1 heterocycles. The van der Waals surface area contributed by atoms with Crippen molar-refractivity contribution in [3.63, 3.8) is 0 Å². The summed E-state index contributed by atoms with van der Waals surface area (Å²) in [7, 11) is 0. The zero-order valence-electron chi connectivity index (χ0n) is 20.3. The van der Waals surface area contributed by atoms with E-state index in [9.17, 15) is 9.90 Å². The van der Waals surface area contributed by atoms with Crippen molar-refractivity contribution in [2.24, 2.45) is 5.73 Å². The zero-order chi connectivity index (χ0) is 25.1. The summed E-state index contributed by atoms with van der Waals surface area (Å²) >= 11 is 6.03. The Morgan fingerprint density at radius 2 is 1.60 bits per heavy atom. The van der Waals surface area contributed by atoms with Crippen LogP contribution in [0.15, 0.2) is 78.9 Å². The summed E-state index contributed by atoms with van der Waals surface area (Å²) in [6.07, 6.45) is 2.13. The van der Waals surface area contributed by atoms with Gasteiger partial charge in [-0.25, -0.2) is 0 Å². The van der Waals surface area contributed by atoms with Gasteiger partial charge >= 0.3 is 0 Å². The highest BCUT2D eigenvalue weighted by Crippen LogP contribution is 2.40. The Morgan fingerprint density at radius 1 is 1.00 bits per heavy atom. The van der Waals surface area contributed by atoms with Gasteiger partial charge in [-0.15, -0.1) is 0 Å². The first kappa shape index (κ1) is 25.1. The lowest BCUT2D eigenvalue weighted by Crippen LogP contribution is -2.47. The number of amides is 1. The summed E-state index contributed by atoms with van der Waals surface area (Å²) in [5.74, 6) is 0.0386. The standard InChI is InChI=1S/C29H33ClN2O3/c1-28(2,32-19-16-23(20-32)35-25-15-9-14-24(30)26(25)33)17-18-29(27(31)34,21-10-5-3-6-11-21)22-12-7-4-8-13-22/h3-15,23,33H,16-20H2,1-2H3,(H2,31,34)/t23-/m1/s1. The second-order valence-electron chi connectivity index (χ2n) is 9.88. The van der Waals surface area contributed by atoms with E-state index in [0.29, 0.717) is 12.2 Å². The van der Waals surface area contributed by atoms with Crippen molar-refractivity contribution in [3.8, 4) is 11.5 Å². The van der Waals surface area contributed by atoms with E-state index < -0.39 is 5.41 Å². The maximum atomic E-state index is 13.1. The van der Waals surface area contributed by atoms with Crippen LogP contribution in [0.2, 0.25) is 5.02 Å². The first-order valence-corrected chi connectivity index (χ1v) is 12.4. The van der Waals surface area contributed by atoms with Crippen LogP contribution in [-0.2, 0) is 10.2 Å². The summed E-state index contributed by atoms with van der Waals surface area (Å²) in [6, 6.07) is 24.8. The highest BCUT2D eigenvalue weighted by molar-refractivity contribution is 6.32. The first-order chi connectivity index (χ1) is 16.7. The Hall–Kier alpha value is -3.02. The highest BCUT2D eigenvalue weighted by atomic mass is 35.5. The number of nitrogens with zero attached hydrogens (tertiary/aromatic N) is 1. The number of primary amides is 1. The molecule has 1 atom stereocenters. The third kappa shape index (κ3) is 5.16. The van der Waals surface area contributed by atoms with Gasteiger partial charge in [-0.05, 0) is 56.4 Å². The second-order valence-corrected chi connectivity index (χ2v) is 10.3. The number of hydrogen-bond acceptors (Lipinski definition) is 4. The predicted molar refractivity (Wildman–Crippen MR) is 140 cm³/mol. The van der Waals surface area contributed by atoms with Gasteiger partial charge in [0.25, 0.3) is 0 Å². The number of carbonyl (C=O) groups is 1. The molecule has 1 aliphatic heterocycles. The van der Waals surface area contributed by atoms with Crippen LogP contribution in [0.3, 0.4) is 0 Å². The van der Waals surface area contributed by atoms with Gasteiger partial charge in [0.05, 0.1) is 10.4 Å². The first-order valence-electron chi connectivity index (χ1n) is 12.0. The number of nitrogens with two attached hydrogens (primary N) is 1. The Bertz CT molecular complexity index is 1110. The fourth-order valence-corrected chi connectivity index (χ4v) is 5.27. The minimum atomic E-state index is -0.915. The quantitative estimate of drug-likeness (QED) is 0.412. The van der Waals surface area contributed by atoms with Crippen molar-refractivity contribution >= 4 is 17.5 Å². The van der Waals surface area contributed by atoms with E-state index in [4.69, 9.17) is 22.1 Å². The fourth-order valence-electron chi connectivity index (χ4n) is 5.10. The minimum Gasteiger partial charge on any atom is -0.503 e. The number of para-hydroxylation sites is 1. The Labute approximate surface area is 212 Å². The molecule has 0 spiro atoms. The maximum absolute atomic E-state index is 13.1. The SMILES string of the molecule is CC(C)(CCC(C(N)=O)(c1ccccc1)c1ccccc1)N1CC[C@@H](Oc2cccc(Cl)c2O)C1. The maximum Gasteiger partial charge on any atom is 0.232 e. The van der Waals surface area contributed by atoms with Crippen molar-refractivity contribution in [1.82, 2.24) is 4.90 Å². The molecule has 0 radical (unpaired) electrons. The molecule has 5 nitrogen and oxygen atoms in total. The number of ether oxygens (including phenoxy) is 1. The van der Waals surface area contributed by atoms with E-state index in [1.807, 2.05) is 60.7 Å². The van der Waals surface area contributed by atoms with Gasteiger partial charge in [-0.1, -0.05) is 78.3 Å². The van der Waals surface area contributed by atoms with E-state index in [1.165, 1.54) is 0 Å². The molecule has 3 aromatic rings. The molecular formula is C29H33ClN2O3. The lowest BCUT2D eigenvalue weighted by atomic mass is 9.69. The third-order valence-electron chi connectivity index (χ3n) is 7.31. The van der Waals surface area contributed by atoms with E-state index in [0.717, 1.165) is 37.1 Å². The normalized spacial score (nSPS) is 16.8. The Balaban J connectivity index is 1.53. The van der Waals surface area contributed by atoms with E-state index >= 15 is 0 Å². The van der Waals surface area contributed by atoms with E-state index in [2.05, 4.69) is 18.7 Å². The number of hydrogen-bond donors (Lipinski definition) is 2. The van der Waals surface area contributed by atoms with Crippen molar-refractivity contribution in [2.75, 3.05) is 13.1 Å². The number of aromatic hydroxyl groups is 1. The van der Waals surface area contributed by atoms with E-state index in [1.54, 1.807) is 18.2 Å². The van der Waals surface area contributed by atoms with Gasteiger partial charge < -0.3 is 15.6 Å². The molecule has 0 bridgehead atoms. The average Bonchev–Trinajstić information content (AvgIpc) is 3.33. The molecule has 3 N–H and O–H groups in total. The molecule has 184 valence electrons. The van der Waals surface area contributed by atoms with Crippen LogP contribution in [0, 0.1) is 0 Å². The summed E-state index contributed by atoms with van der Waals surface area (Å²) in [5.41, 5.74) is 6.86. The molecule has 0 unspecified atom stereocenters. The number of benzene rings is 3. The van der Waals surface area contributed by atoms with Gasteiger partial charge in [-0.3, -0.25) is 9.69 Å². The van der Waals surface area contributed by atoms with Crippen molar-refractivity contribution in [3.05, 3.63) is 95.0 Å². The summed E-state index contributed by atoms with van der Waals surface area (Å²) in [4.78, 5) is 15.5. The number of likely N-dealkylation sites (tertiary alicyclic amines) is 1. The smallest absolute Gasteiger partial charge is 0.232 e. The largest absolute Gasteiger partial charge is 0.503 e. The molecule has 1 aliphatic rings. The van der Waals surface area contributed by atoms with Crippen LogP contribution in [0.4, 0.5) is 0 Å². The van der Waals surface area contributed by atoms with E-state index in [-0.39, 0.29) is 28.3 Å². The molecule has 1 saturated heterocycles. The molecule has 0 saturated carbocycles. The number of carbonyl (C=O) groups excluding carboxylic acids is 1. The molecule has 1 amide bonds. The van der Waals surface area contributed by atoms with Gasteiger partial charge in [0.2, 0.25) is 5.91 Å². The van der Waals surface area contributed by atoms with Crippen LogP contribution < -0.4 is 10.5 Å². The number of phenolic OH excluding ortho intramolecular Hbond substituents is 1. The molecule has 6 heteroatoms. The van der Waals surface area contributed by atoms with Crippen LogP contribution in [0.25, 0.3) is 0 Å². The monoisotopic (exact) mass is 492 g/mol. The predicted octanol–water partition coefficient (Wildman–Crippen LogP) is 5.53. The summed E-state index contributed by atoms with van der Waals surface area (Å²) in [6.45, 7) is 5.99. The lowest BCUT2D eigenvalue weighted by Gasteiger charge is -2.40. The molecule has 3 aromatic carbocycles. The Morgan fingerprint density at radius 3 is 2.17 bits per heavy atom. The van der Waals surface area contributed by atoms with Crippen LogP contribution >= 0.6 is 11.6 Å². The number of halogens is 1. The molecule has 4 rings (SSSR count). The second kappa shape index (κ2) is 10.3. The van der Waals surface area contributed by atoms with Crippen LogP contribution in [0.1, 0.15) is 44.2 Å². The summed E-state index contributed by atoms with van der Waals surface area (Å²) in [5, 5.41) is 10.5. The van der Waals surface area contributed by atoms with Crippen molar-refractivity contribution in [2.45, 2.75) is 50.2 Å². The number of rotatable bonds is 9. The molecule has 0 aliphatic carbocycles. The van der Waals surface area contributed by atoms with Crippen LogP contribution in [0.5, 0.6) is 11.5 Å². The van der Waals surface area contributed by atoms with Gasteiger partial charge in [0.15, 0.2) is 11.5 Å². The zero-order valence-corrected chi connectivity index (χ0v) is 21.0. The van der Waals surface area contributed by atoms with Crippen molar-refractivity contribution in [1.29, 1.82) is 0 Å². The summed E-state index contributed by atoms with van der Waals surface area (Å²) < 4.78 is 6.08. The van der Waals surface area contributed by atoms with Gasteiger partial charge in [0, 0.05) is 18.6 Å². The lowest BCUT2D eigenvalue weighted by molar-refractivity contribution is -0.122. The molecule has 1 fully saturated rings. The molecular weight excluding hydrogens is 460 g/mol. The topological polar surface area (TPSA) is 75.8 Å². The third-order valence-corrected chi connectivity index (χ3v) is 7.62.